The van der Waals surface area contributed by atoms with Gasteiger partial charge in [0.05, 0.1) is 5.56 Å². The van der Waals surface area contributed by atoms with Crippen molar-refractivity contribution in [2.24, 2.45) is 11.5 Å². The summed E-state index contributed by atoms with van der Waals surface area (Å²) >= 11 is 0. The van der Waals surface area contributed by atoms with Gasteiger partial charge in [0.15, 0.2) is 0 Å². The summed E-state index contributed by atoms with van der Waals surface area (Å²) in [6.07, 6.45) is 0.888. The highest BCUT2D eigenvalue weighted by atomic mass is 16.1. The molecule has 0 bridgehead atoms. The summed E-state index contributed by atoms with van der Waals surface area (Å²) < 4.78 is 0. The minimum atomic E-state index is -0.535. The largest absolute Gasteiger partial charge is 0.382 e. The molecule has 0 radical (unpaired) electrons. The molecule has 1 atom stereocenters. The number of nitrogens with one attached hydrogen (secondary N) is 1. The Kier molecular flexibility index (Phi) is 4.09. The van der Waals surface area contributed by atoms with Gasteiger partial charge in [0, 0.05) is 17.3 Å². The molecule has 5 heteroatoms. The SMILES string of the molecule is CC[C@H](C)Nc1cc(C(N)=O)ccc1C(N)=O. The summed E-state index contributed by atoms with van der Waals surface area (Å²) in [4.78, 5) is 22.3. The van der Waals surface area contributed by atoms with Crippen LogP contribution in [0.2, 0.25) is 0 Å². The van der Waals surface area contributed by atoms with Gasteiger partial charge in [-0.2, -0.15) is 0 Å². The first kappa shape index (κ1) is 13.0. The molecule has 1 aromatic rings. The third-order valence-corrected chi connectivity index (χ3v) is 2.58. The van der Waals surface area contributed by atoms with E-state index in [4.69, 9.17) is 11.5 Å². The molecule has 0 aromatic heterocycles. The maximum absolute atomic E-state index is 11.2. The van der Waals surface area contributed by atoms with Gasteiger partial charge in [-0.05, 0) is 31.5 Å². The molecule has 2 amide bonds. The second-order valence-electron chi connectivity index (χ2n) is 3.94. The molecule has 92 valence electrons. The van der Waals surface area contributed by atoms with Crippen molar-refractivity contribution in [3.63, 3.8) is 0 Å². The number of amides is 2. The van der Waals surface area contributed by atoms with E-state index >= 15 is 0 Å². The van der Waals surface area contributed by atoms with E-state index in [0.29, 0.717) is 16.8 Å². The van der Waals surface area contributed by atoms with Gasteiger partial charge < -0.3 is 16.8 Å². The summed E-state index contributed by atoms with van der Waals surface area (Å²) in [5.41, 5.74) is 11.7. The van der Waals surface area contributed by atoms with Crippen LogP contribution < -0.4 is 16.8 Å². The molecule has 0 aliphatic carbocycles. The molecule has 17 heavy (non-hydrogen) atoms. The highest BCUT2D eigenvalue weighted by Crippen LogP contribution is 2.19. The van der Waals surface area contributed by atoms with Crippen molar-refractivity contribution in [3.05, 3.63) is 29.3 Å². The predicted octanol–water partition coefficient (Wildman–Crippen LogP) is 1.09. The lowest BCUT2D eigenvalue weighted by Gasteiger charge is -2.16. The van der Waals surface area contributed by atoms with Crippen LogP contribution in [0.25, 0.3) is 0 Å². The van der Waals surface area contributed by atoms with Crippen molar-refractivity contribution >= 4 is 17.5 Å². The van der Waals surface area contributed by atoms with Crippen LogP contribution in [0.15, 0.2) is 18.2 Å². The number of benzene rings is 1. The number of rotatable bonds is 5. The summed E-state index contributed by atoms with van der Waals surface area (Å²) in [6.45, 7) is 3.99. The Morgan fingerprint density at radius 1 is 1.29 bits per heavy atom. The van der Waals surface area contributed by atoms with Crippen LogP contribution in [-0.2, 0) is 0 Å². The molecule has 0 spiro atoms. The Hall–Kier alpha value is -2.04. The first-order chi connectivity index (χ1) is 7.95. The van der Waals surface area contributed by atoms with Crippen LogP contribution in [0, 0.1) is 0 Å². The quantitative estimate of drug-likeness (QED) is 0.712. The van der Waals surface area contributed by atoms with Crippen molar-refractivity contribution in [1.29, 1.82) is 0 Å². The normalized spacial score (nSPS) is 11.9. The molecule has 0 saturated heterocycles. The van der Waals surface area contributed by atoms with E-state index in [2.05, 4.69) is 5.32 Å². The average Bonchev–Trinajstić information content (AvgIpc) is 2.28. The van der Waals surface area contributed by atoms with Gasteiger partial charge >= 0.3 is 0 Å². The van der Waals surface area contributed by atoms with Gasteiger partial charge in [-0.3, -0.25) is 9.59 Å². The van der Waals surface area contributed by atoms with Gasteiger partial charge in [-0.25, -0.2) is 0 Å². The lowest BCUT2D eigenvalue weighted by atomic mass is 10.1. The van der Waals surface area contributed by atoms with Crippen molar-refractivity contribution in [1.82, 2.24) is 0 Å². The zero-order valence-corrected chi connectivity index (χ0v) is 9.99. The minimum Gasteiger partial charge on any atom is -0.382 e. The molecule has 0 fully saturated rings. The summed E-state index contributed by atoms with van der Waals surface area (Å²) in [6, 6.07) is 4.72. The van der Waals surface area contributed by atoms with Gasteiger partial charge in [0.1, 0.15) is 0 Å². The van der Waals surface area contributed by atoms with Crippen molar-refractivity contribution in [2.75, 3.05) is 5.32 Å². The summed E-state index contributed by atoms with van der Waals surface area (Å²) in [5, 5.41) is 3.13. The number of carbonyl (C=O) groups excluding carboxylic acids is 2. The molecule has 1 rings (SSSR count). The smallest absolute Gasteiger partial charge is 0.250 e. The van der Waals surface area contributed by atoms with Gasteiger partial charge in [0.2, 0.25) is 5.91 Å². The lowest BCUT2D eigenvalue weighted by Crippen LogP contribution is -2.20. The van der Waals surface area contributed by atoms with Crippen molar-refractivity contribution in [3.8, 4) is 0 Å². The highest BCUT2D eigenvalue weighted by molar-refractivity contribution is 6.01. The van der Waals surface area contributed by atoms with E-state index in [-0.39, 0.29) is 6.04 Å². The Bertz CT molecular complexity index is 443. The number of primary amides is 2. The molecule has 0 heterocycles. The van der Waals surface area contributed by atoms with Gasteiger partial charge in [-0.15, -0.1) is 0 Å². The van der Waals surface area contributed by atoms with E-state index in [1.165, 1.54) is 12.1 Å². The first-order valence-electron chi connectivity index (χ1n) is 5.46. The van der Waals surface area contributed by atoms with E-state index in [0.717, 1.165) is 6.42 Å². The zero-order valence-electron chi connectivity index (χ0n) is 9.99. The van der Waals surface area contributed by atoms with Gasteiger partial charge in [0.25, 0.3) is 5.91 Å². The molecular formula is C12H17N3O2. The van der Waals surface area contributed by atoms with E-state index < -0.39 is 11.8 Å². The molecular weight excluding hydrogens is 218 g/mol. The Balaban J connectivity index is 3.15. The fourth-order valence-corrected chi connectivity index (χ4v) is 1.40. The number of hydrogen-bond donors (Lipinski definition) is 3. The molecule has 1 aromatic carbocycles. The van der Waals surface area contributed by atoms with E-state index in [1.54, 1.807) is 6.07 Å². The van der Waals surface area contributed by atoms with Crippen LogP contribution in [0.5, 0.6) is 0 Å². The van der Waals surface area contributed by atoms with E-state index in [1.807, 2.05) is 13.8 Å². The fourth-order valence-electron chi connectivity index (χ4n) is 1.40. The van der Waals surface area contributed by atoms with E-state index in [9.17, 15) is 9.59 Å². The second-order valence-corrected chi connectivity index (χ2v) is 3.94. The Labute approximate surface area is 100 Å². The number of hydrogen-bond acceptors (Lipinski definition) is 3. The van der Waals surface area contributed by atoms with Crippen molar-refractivity contribution in [2.45, 2.75) is 26.3 Å². The maximum Gasteiger partial charge on any atom is 0.250 e. The van der Waals surface area contributed by atoms with Crippen molar-refractivity contribution < 1.29 is 9.59 Å². The molecule has 5 N–H and O–H groups in total. The molecule has 0 aliphatic heterocycles. The molecule has 0 saturated carbocycles. The van der Waals surface area contributed by atoms with Crippen LogP contribution >= 0.6 is 0 Å². The van der Waals surface area contributed by atoms with Crippen LogP contribution in [-0.4, -0.2) is 17.9 Å². The molecule has 5 nitrogen and oxygen atoms in total. The number of anilines is 1. The first-order valence-corrected chi connectivity index (χ1v) is 5.46. The summed E-state index contributed by atoms with van der Waals surface area (Å²) in [5.74, 6) is -1.07. The predicted molar refractivity (Wildman–Crippen MR) is 66.9 cm³/mol. The number of carbonyl (C=O) groups is 2. The Morgan fingerprint density at radius 2 is 1.94 bits per heavy atom. The highest BCUT2D eigenvalue weighted by Gasteiger charge is 2.12. The minimum absolute atomic E-state index is 0.177. The maximum atomic E-state index is 11.2. The second kappa shape index (κ2) is 5.34. The third kappa shape index (κ3) is 3.21. The summed E-state index contributed by atoms with van der Waals surface area (Å²) in [7, 11) is 0. The van der Waals surface area contributed by atoms with Gasteiger partial charge in [-0.1, -0.05) is 6.92 Å². The number of nitrogens with two attached hydrogens (primary N) is 2. The third-order valence-electron chi connectivity index (χ3n) is 2.58. The topological polar surface area (TPSA) is 98.2 Å². The van der Waals surface area contributed by atoms with Crippen LogP contribution in [0.1, 0.15) is 41.0 Å². The average molecular weight is 235 g/mol. The van der Waals surface area contributed by atoms with Crippen LogP contribution in [0.4, 0.5) is 5.69 Å². The lowest BCUT2D eigenvalue weighted by molar-refractivity contribution is 0.0989. The molecule has 0 unspecified atom stereocenters. The standard InChI is InChI=1S/C12H17N3O2/c1-3-7(2)15-10-6-8(11(13)16)4-5-9(10)12(14)17/h4-7,15H,3H2,1-2H3,(H2,13,16)(H2,14,17)/t7-/m0/s1. The monoisotopic (exact) mass is 235 g/mol. The fraction of sp³-hybridized carbons (Fsp3) is 0.333. The Morgan fingerprint density at radius 3 is 2.41 bits per heavy atom. The van der Waals surface area contributed by atoms with Crippen LogP contribution in [0.3, 0.4) is 0 Å². The zero-order chi connectivity index (χ0) is 13.0. The molecule has 0 aliphatic rings.